The lowest BCUT2D eigenvalue weighted by Crippen LogP contribution is -2.34. The number of hydrogen-bond acceptors (Lipinski definition) is 2. The normalized spacial score (nSPS) is 12.1. The van der Waals surface area contributed by atoms with E-state index in [1.54, 1.807) is 10.9 Å². The Morgan fingerprint density at radius 1 is 1.48 bits per heavy atom. The SMILES string of the molecule is Cc1cnn(CCC(=O)NC(C)Cc2cccc(Cl)c2)c1. The number of hydrogen-bond donors (Lipinski definition) is 1. The molecular weight excluding hydrogens is 286 g/mol. The molecule has 5 heteroatoms. The summed E-state index contributed by atoms with van der Waals surface area (Å²) in [6.07, 6.45) is 4.93. The fraction of sp³-hybridized carbons (Fsp3) is 0.375. The average Bonchev–Trinajstić information content (AvgIpc) is 2.82. The molecule has 0 fully saturated rings. The minimum absolute atomic E-state index is 0.0395. The summed E-state index contributed by atoms with van der Waals surface area (Å²) in [7, 11) is 0. The monoisotopic (exact) mass is 305 g/mol. The molecule has 0 aliphatic rings. The number of benzene rings is 1. The van der Waals surface area contributed by atoms with Gasteiger partial charge in [0.1, 0.15) is 0 Å². The van der Waals surface area contributed by atoms with Crippen LogP contribution in [0.25, 0.3) is 0 Å². The van der Waals surface area contributed by atoms with E-state index in [0.29, 0.717) is 13.0 Å². The van der Waals surface area contributed by atoms with Gasteiger partial charge in [0, 0.05) is 30.2 Å². The lowest BCUT2D eigenvalue weighted by Gasteiger charge is -2.14. The zero-order valence-corrected chi connectivity index (χ0v) is 13.1. The third-order valence-corrected chi connectivity index (χ3v) is 3.40. The summed E-state index contributed by atoms with van der Waals surface area (Å²) >= 11 is 5.96. The van der Waals surface area contributed by atoms with E-state index in [-0.39, 0.29) is 11.9 Å². The molecule has 1 N–H and O–H groups in total. The van der Waals surface area contributed by atoms with E-state index in [0.717, 1.165) is 22.6 Å². The molecule has 1 aromatic carbocycles. The van der Waals surface area contributed by atoms with Gasteiger partial charge in [-0.25, -0.2) is 0 Å². The van der Waals surface area contributed by atoms with Gasteiger partial charge in [-0.05, 0) is 43.5 Å². The third-order valence-electron chi connectivity index (χ3n) is 3.17. The number of carbonyl (C=O) groups is 1. The van der Waals surface area contributed by atoms with E-state index in [2.05, 4.69) is 10.4 Å². The van der Waals surface area contributed by atoms with E-state index in [1.807, 2.05) is 44.3 Å². The van der Waals surface area contributed by atoms with Crippen LogP contribution in [0.1, 0.15) is 24.5 Å². The van der Waals surface area contributed by atoms with Crippen LogP contribution in [0.4, 0.5) is 0 Å². The molecule has 1 atom stereocenters. The van der Waals surface area contributed by atoms with Crippen LogP contribution in [0.2, 0.25) is 5.02 Å². The van der Waals surface area contributed by atoms with Crippen LogP contribution in [-0.4, -0.2) is 21.7 Å². The molecule has 2 rings (SSSR count). The summed E-state index contributed by atoms with van der Waals surface area (Å²) in [4.78, 5) is 11.9. The molecule has 0 aliphatic carbocycles. The van der Waals surface area contributed by atoms with Crippen molar-refractivity contribution in [3.63, 3.8) is 0 Å². The quantitative estimate of drug-likeness (QED) is 0.892. The minimum atomic E-state index is 0.0395. The Bertz CT molecular complexity index is 609. The van der Waals surface area contributed by atoms with Crippen LogP contribution in [0, 0.1) is 6.92 Å². The third kappa shape index (κ3) is 5.23. The maximum Gasteiger partial charge on any atom is 0.222 e. The van der Waals surface area contributed by atoms with Gasteiger partial charge in [-0.1, -0.05) is 23.7 Å². The van der Waals surface area contributed by atoms with E-state index >= 15 is 0 Å². The number of nitrogens with one attached hydrogen (secondary N) is 1. The van der Waals surface area contributed by atoms with E-state index in [9.17, 15) is 4.79 Å². The molecular formula is C16H20ClN3O. The van der Waals surface area contributed by atoms with Crippen molar-refractivity contribution in [3.8, 4) is 0 Å². The van der Waals surface area contributed by atoms with Crippen molar-refractivity contribution in [1.82, 2.24) is 15.1 Å². The van der Waals surface area contributed by atoms with Gasteiger partial charge < -0.3 is 5.32 Å². The van der Waals surface area contributed by atoms with Crippen LogP contribution in [0.5, 0.6) is 0 Å². The molecule has 112 valence electrons. The number of rotatable bonds is 6. The number of amides is 1. The first-order valence-corrected chi connectivity index (χ1v) is 7.43. The standard InChI is InChI=1S/C16H20ClN3O/c1-12-10-18-20(11-12)7-6-16(21)19-13(2)8-14-4-3-5-15(17)9-14/h3-5,9-11,13H,6-8H2,1-2H3,(H,19,21). The van der Waals surface area contributed by atoms with Crippen LogP contribution in [0.3, 0.4) is 0 Å². The maximum absolute atomic E-state index is 11.9. The first kappa shape index (κ1) is 15.6. The molecule has 0 bridgehead atoms. The Kier molecular flexibility index (Phi) is 5.39. The molecule has 21 heavy (non-hydrogen) atoms. The largest absolute Gasteiger partial charge is 0.353 e. The highest BCUT2D eigenvalue weighted by molar-refractivity contribution is 6.30. The smallest absolute Gasteiger partial charge is 0.222 e. The summed E-state index contributed by atoms with van der Waals surface area (Å²) in [5.41, 5.74) is 2.22. The van der Waals surface area contributed by atoms with E-state index in [4.69, 9.17) is 11.6 Å². The van der Waals surface area contributed by atoms with Crippen molar-refractivity contribution in [2.45, 2.75) is 39.3 Å². The van der Waals surface area contributed by atoms with Gasteiger partial charge in [-0.2, -0.15) is 5.10 Å². The molecule has 1 heterocycles. The molecule has 4 nitrogen and oxygen atoms in total. The number of aromatic nitrogens is 2. The highest BCUT2D eigenvalue weighted by Gasteiger charge is 2.09. The molecule has 2 aromatic rings. The fourth-order valence-corrected chi connectivity index (χ4v) is 2.43. The zero-order chi connectivity index (χ0) is 15.2. The van der Waals surface area contributed by atoms with Crippen molar-refractivity contribution in [2.75, 3.05) is 0 Å². The van der Waals surface area contributed by atoms with Gasteiger partial charge in [-0.3, -0.25) is 9.48 Å². The minimum Gasteiger partial charge on any atom is -0.353 e. The van der Waals surface area contributed by atoms with E-state index in [1.165, 1.54) is 0 Å². The molecule has 0 spiro atoms. The van der Waals surface area contributed by atoms with Gasteiger partial charge in [-0.15, -0.1) is 0 Å². The number of aryl methyl sites for hydroxylation is 2. The topological polar surface area (TPSA) is 46.9 Å². The second-order valence-corrected chi connectivity index (χ2v) is 5.77. The fourth-order valence-electron chi connectivity index (χ4n) is 2.22. The van der Waals surface area contributed by atoms with Crippen molar-refractivity contribution in [1.29, 1.82) is 0 Å². The molecule has 1 aromatic heterocycles. The Labute approximate surface area is 130 Å². The van der Waals surface area contributed by atoms with Gasteiger partial charge in [0.25, 0.3) is 0 Å². The Balaban J connectivity index is 1.76. The van der Waals surface area contributed by atoms with Crippen LogP contribution < -0.4 is 5.32 Å². The van der Waals surface area contributed by atoms with Crippen molar-refractivity contribution >= 4 is 17.5 Å². The Morgan fingerprint density at radius 3 is 2.95 bits per heavy atom. The van der Waals surface area contributed by atoms with Crippen molar-refractivity contribution in [2.24, 2.45) is 0 Å². The highest BCUT2D eigenvalue weighted by atomic mass is 35.5. The lowest BCUT2D eigenvalue weighted by atomic mass is 10.1. The molecule has 1 amide bonds. The second kappa shape index (κ2) is 7.27. The molecule has 0 radical (unpaired) electrons. The van der Waals surface area contributed by atoms with E-state index < -0.39 is 0 Å². The summed E-state index contributed by atoms with van der Waals surface area (Å²) in [6.45, 7) is 4.58. The maximum atomic E-state index is 11.9. The lowest BCUT2D eigenvalue weighted by molar-refractivity contribution is -0.121. The van der Waals surface area contributed by atoms with Gasteiger partial charge >= 0.3 is 0 Å². The molecule has 0 aliphatic heterocycles. The Morgan fingerprint density at radius 2 is 2.29 bits per heavy atom. The first-order valence-electron chi connectivity index (χ1n) is 7.06. The summed E-state index contributed by atoms with van der Waals surface area (Å²) < 4.78 is 1.79. The van der Waals surface area contributed by atoms with Crippen LogP contribution in [-0.2, 0) is 17.8 Å². The first-order chi connectivity index (χ1) is 10.0. The van der Waals surface area contributed by atoms with Gasteiger partial charge in [0.15, 0.2) is 0 Å². The molecule has 0 saturated carbocycles. The summed E-state index contributed by atoms with van der Waals surface area (Å²) in [6, 6.07) is 7.79. The number of halogens is 1. The second-order valence-electron chi connectivity index (χ2n) is 5.33. The average molecular weight is 306 g/mol. The predicted octanol–water partition coefficient (Wildman–Crippen LogP) is 2.98. The highest BCUT2D eigenvalue weighted by Crippen LogP contribution is 2.12. The Hall–Kier alpha value is -1.81. The van der Waals surface area contributed by atoms with Crippen LogP contribution >= 0.6 is 11.6 Å². The van der Waals surface area contributed by atoms with Crippen molar-refractivity contribution in [3.05, 3.63) is 52.8 Å². The predicted molar refractivity (Wildman–Crippen MR) is 84.3 cm³/mol. The summed E-state index contributed by atoms with van der Waals surface area (Å²) in [5.74, 6) is 0.0395. The molecule has 1 unspecified atom stereocenters. The van der Waals surface area contributed by atoms with Gasteiger partial charge in [0.05, 0.1) is 6.20 Å². The van der Waals surface area contributed by atoms with Crippen molar-refractivity contribution < 1.29 is 4.79 Å². The summed E-state index contributed by atoms with van der Waals surface area (Å²) in [5, 5.41) is 7.89. The molecule has 0 saturated heterocycles. The van der Waals surface area contributed by atoms with Gasteiger partial charge in [0.2, 0.25) is 5.91 Å². The van der Waals surface area contributed by atoms with Crippen LogP contribution in [0.15, 0.2) is 36.7 Å². The number of nitrogens with zero attached hydrogens (tertiary/aromatic N) is 2. The zero-order valence-electron chi connectivity index (χ0n) is 12.3. The number of carbonyl (C=O) groups excluding carboxylic acids is 1.